The van der Waals surface area contributed by atoms with Gasteiger partial charge < -0.3 is 4.74 Å². The highest BCUT2D eigenvalue weighted by molar-refractivity contribution is 7.99. The molecule has 0 spiro atoms. The van der Waals surface area contributed by atoms with Crippen LogP contribution in [0, 0.1) is 11.3 Å². The third kappa shape index (κ3) is 3.42. The van der Waals surface area contributed by atoms with E-state index in [-0.39, 0.29) is 0 Å². The van der Waals surface area contributed by atoms with Crippen LogP contribution < -0.4 is 4.74 Å². The van der Waals surface area contributed by atoms with Crippen LogP contribution in [0.2, 0.25) is 0 Å². The molecule has 1 aromatic heterocycles. The van der Waals surface area contributed by atoms with E-state index in [1.165, 1.54) is 11.8 Å². The Kier molecular flexibility index (Phi) is 5.14. The summed E-state index contributed by atoms with van der Waals surface area (Å²) in [6.45, 7) is 0. The van der Waals surface area contributed by atoms with Gasteiger partial charge in [-0.2, -0.15) is 5.26 Å². The van der Waals surface area contributed by atoms with E-state index in [4.69, 9.17) is 10.00 Å². The molecule has 120 valence electrons. The molecular formula is C18H16N4OS. The molecule has 0 atom stereocenters. The van der Waals surface area contributed by atoms with E-state index < -0.39 is 0 Å². The van der Waals surface area contributed by atoms with E-state index in [0.29, 0.717) is 12.2 Å². The molecule has 0 radical (unpaired) electrons. The molecule has 3 aromatic rings. The molecule has 0 aliphatic rings. The average molecular weight is 336 g/mol. The first-order valence-corrected chi connectivity index (χ1v) is 8.47. The maximum atomic E-state index is 8.75. The highest BCUT2D eigenvalue weighted by Crippen LogP contribution is 2.29. The number of benzene rings is 2. The summed E-state index contributed by atoms with van der Waals surface area (Å²) in [6.07, 6.45) is 0.476. The summed E-state index contributed by atoms with van der Waals surface area (Å²) >= 11 is 1.53. The lowest BCUT2D eigenvalue weighted by Gasteiger charge is -2.10. The first-order chi connectivity index (χ1) is 11.8. The molecule has 6 heteroatoms. The van der Waals surface area contributed by atoms with Gasteiger partial charge in [-0.05, 0) is 36.4 Å². The summed E-state index contributed by atoms with van der Waals surface area (Å²) in [7, 11) is 1.64. The van der Waals surface area contributed by atoms with Crippen LogP contribution in [0.5, 0.6) is 5.75 Å². The number of aromatic nitrogens is 3. The van der Waals surface area contributed by atoms with Crippen molar-refractivity contribution in [3.05, 3.63) is 54.6 Å². The largest absolute Gasteiger partial charge is 0.497 e. The van der Waals surface area contributed by atoms with Gasteiger partial charge in [0.1, 0.15) is 5.75 Å². The fourth-order valence-corrected chi connectivity index (χ4v) is 3.08. The van der Waals surface area contributed by atoms with Crippen LogP contribution in [0.1, 0.15) is 6.42 Å². The Morgan fingerprint density at radius 2 is 1.83 bits per heavy atom. The number of thioether (sulfide) groups is 1. The highest BCUT2D eigenvalue weighted by Gasteiger charge is 2.15. The number of rotatable bonds is 6. The van der Waals surface area contributed by atoms with E-state index in [1.54, 1.807) is 7.11 Å². The van der Waals surface area contributed by atoms with Gasteiger partial charge in [-0.1, -0.05) is 30.0 Å². The van der Waals surface area contributed by atoms with Crippen molar-refractivity contribution in [2.24, 2.45) is 0 Å². The Morgan fingerprint density at radius 1 is 1.08 bits per heavy atom. The average Bonchev–Trinajstić information content (AvgIpc) is 3.06. The minimum atomic E-state index is 0.476. The summed E-state index contributed by atoms with van der Waals surface area (Å²) < 4.78 is 7.23. The molecule has 5 nitrogen and oxygen atoms in total. The smallest absolute Gasteiger partial charge is 0.196 e. The second kappa shape index (κ2) is 7.66. The lowest BCUT2D eigenvalue weighted by atomic mass is 10.2. The van der Waals surface area contributed by atoms with Crippen molar-refractivity contribution in [1.29, 1.82) is 5.26 Å². The number of nitriles is 1. The normalized spacial score (nSPS) is 10.3. The van der Waals surface area contributed by atoms with Gasteiger partial charge in [0.25, 0.3) is 0 Å². The Morgan fingerprint density at radius 3 is 2.50 bits per heavy atom. The molecule has 24 heavy (non-hydrogen) atoms. The van der Waals surface area contributed by atoms with Gasteiger partial charge in [0, 0.05) is 23.4 Å². The molecule has 3 rings (SSSR count). The van der Waals surface area contributed by atoms with Crippen LogP contribution in [0.15, 0.2) is 59.8 Å². The van der Waals surface area contributed by atoms with Gasteiger partial charge in [0.15, 0.2) is 11.0 Å². The predicted molar refractivity (Wildman–Crippen MR) is 94.3 cm³/mol. The third-order valence-corrected chi connectivity index (χ3v) is 4.37. The van der Waals surface area contributed by atoms with E-state index in [9.17, 15) is 0 Å². The van der Waals surface area contributed by atoms with Crippen molar-refractivity contribution < 1.29 is 4.74 Å². The highest BCUT2D eigenvalue weighted by atomic mass is 32.2. The second-order valence-electron chi connectivity index (χ2n) is 4.96. The van der Waals surface area contributed by atoms with Gasteiger partial charge in [-0.3, -0.25) is 4.57 Å². The fraction of sp³-hybridized carbons (Fsp3) is 0.167. The molecule has 1 heterocycles. The summed E-state index contributed by atoms with van der Waals surface area (Å²) in [5.74, 6) is 2.25. The molecule has 0 saturated carbocycles. The maximum Gasteiger partial charge on any atom is 0.196 e. The number of ether oxygens (including phenoxy) is 1. The Bertz CT molecular complexity index is 838. The molecule has 0 amide bonds. The van der Waals surface area contributed by atoms with Gasteiger partial charge in [0.05, 0.1) is 13.2 Å². The molecule has 0 aliphatic carbocycles. The van der Waals surface area contributed by atoms with Crippen LogP contribution >= 0.6 is 11.8 Å². The molecule has 0 saturated heterocycles. The second-order valence-corrected chi connectivity index (χ2v) is 6.02. The monoisotopic (exact) mass is 336 g/mol. The molecule has 0 bridgehead atoms. The van der Waals surface area contributed by atoms with E-state index in [1.807, 2.05) is 59.2 Å². The molecule has 0 fully saturated rings. The zero-order valence-corrected chi connectivity index (χ0v) is 14.0. The zero-order valence-electron chi connectivity index (χ0n) is 13.2. The summed E-state index contributed by atoms with van der Waals surface area (Å²) in [5.41, 5.74) is 1.95. The molecule has 0 N–H and O–H groups in total. The van der Waals surface area contributed by atoms with Crippen LogP contribution in [0.3, 0.4) is 0 Å². The van der Waals surface area contributed by atoms with Crippen LogP contribution in [0.4, 0.5) is 0 Å². The third-order valence-electron chi connectivity index (χ3n) is 3.44. The van der Waals surface area contributed by atoms with E-state index in [0.717, 1.165) is 28.0 Å². The van der Waals surface area contributed by atoms with Crippen LogP contribution in [-0.2, 0) is 0 Å². The SMILES string of the molecule is COc1ccc(-c2nnc(SCCC#N)n2-c2ccccc2)cc1. The van der Waals surface area contributed by atoms with Crippen molar-refractivity contribution >= 4 is 11.8 Å². The number of hydrogen-bond donors (Lipinski definition) is 0. The summed E-state index contributed by atoms with van der Waals surface area (Å²) in [5, 5.41) is 18.2. The van der Waals surface area contributed by atoms with Gasteiger partial charge in [0.2, 0.25) is 0 Å². The number of nitrogens with zero attached hydrogens (tertiary/aromatic N) is 4. The predicted octanol–water partition coefficient (Wildman–Crippen LogP) is 3.95. The van der Waals surface area contributed by atoms with Crippen molar-refractivity contribution in [3.63, 3.8) is 0 Å². The van der Waals surface area contributed by atoms with Crippen molar-refractivity contribution in [2.75, 3.05) is 12.9 Å². The van der Waals surface area contributed by atoms with Gasteiger partial charge in [-0.25, -0.2) is 0 Å². The number of methoxy groups -OCH3 is 1. The lowest BCUT2D eigenvalue weighted by Crippen LogP contribution is -1.99. The van der Waals surface area contributed by atoms with E-state index in [2.05, 4.69) is 16.3 Å². The molecule has 0 aliphatic heterocycles. The van der Waals surface area contributed by atoms with Gasteiger partial charge >= 0.3 is 0 Å². The fourth-order valence-electron chi connectivity index (χ4n) is 2.29. The number of hydrogen-bond acceptors (Lipinski definition) is 5. The van der Waals surface area contributed by atoms with Crippen molar-refractivity contribution in [2.45, 2.75) is 11.6 Å². The summed E-state index contributed by atoms with van der Waals surface area (Å²) in [4.78, 5) is 0. The zero-order chi connectivity index (χ0) is 16.8. The minimum Gasteiger partial charge on any atom is -0.497 e. The molecular weight excluding hydrogens is 320 g/mol. The Balaban J connectivity index is 2.03. The minimum absolute atomic E-state index is 0.476. The number of para-hydroxylation sites is 1. The molecule has 0 unspecified atom stereocenters. The van der Waals surface area contributed by atoms with Crippen molar-refractivity contribution in [1.82, 2.24) is 14.8 Å². The standard InChI is InChI=1S/C18H16N4OS/c1-23-16-10-8-14(9-11-16)17-20-21-18(24-13-5-12-19)22(17)15-6-3-2-4-7-15/h2-4,6-11H,5,13H2,1H3. The first-order valence-electron chi connectivity index (χ1n) is 7.48. The van der Waals surface area contributed by atoms with E-state index >= 15 is 0 Å². The Hall–Kier alpha value is -2.78. The maximum absolute atomic E-state index is 8.75. The Labute approximate surface area is 144 Å². The summed E-state index contributed by atoms with van der Waals surface area (Å²) in [6, 6.07) is 19.9. The topological polar surface area (TPSA) is 63.7 Å². The molecule has 2 aromatic carbocycles. The van der Waals surface area contributed by atoms with Gasteiger partial charge in [-0.15, -0.1) is 10.2 Å². The lowest BCUT2D eigenvalue weighted by molar-refractivity contribution is 0.415. The first kappa shape index (κ1) is 16.1. The quantitative estimate of drug-likeness (QED) is 0.504. The van der Waals surface area contributed by atoms with Crippen molar-refractivity contribution in [3.8, 4) is 28.9 Å². The van der Waals surface area contributed by atoms with Crippen LogP contribution in [0.25, 0.3) is 17.1 Å². The van der Waals surface area contributed by atoms with Crippen LogP contribution in [-0.4, -0.2) is 27.6 Å².